The monoisotopic (exact) mass is 318 g/mol. The normalized spacial score (nSPS) is 23.3. The van der Waals surface area contributed by atoms with Crippen LogP contribution in [-0.2, 0) is 19.1 Å². The van der Waals surface area contributed by atoms with Gasteiger partial charge in [-0.3, -0.25) is 9.59 Å². The maximum absolute atomic E-state index is 11.8. The molecule has 3 rings (SSSR count). The summed E-state index contributed by atoms with van der Waals surface area (Å²) in [7, 11) is 0. The molecule has 1 aliphatic carbocycles. The smallest absolute Gasteiger partial charge is 0.309 e. The van der Waals surface area contributed by atoms with Crippen molar-refractivity contribution >= 4 is 23.3 Å². The SMILES string of the molecule is C[C@@H]1C[C@H]1C(=O)OCC(=O)Nc1ccc(N2CCOCC2)cc1. The minimum atomic E-state index is -0.314. The highest BCUT2D eigenvalue weighted by molar-refractivity contribution is 5.93. The molecule has 0 radical (unpaired) electrons. The molecular weight excluding hydrogens is 296 g/mol. The fraction of sp³-hybridized carbons (Fsp3) is 0.529. The fourth-order valence-corrected chi connectivity index (χ4v) is 2.67. The van der Waals surface area contributed by atoms with Crippen molar-refractivity contribution < 1.29 is 19.1 Å². The lowest BCUT2D eigenvalue weighted by Crippen LogP contribution is -2.36. The first kappa shape index (κ1) is 15.8. The lowest BCUT2D eigenvalue weighted by atomic mass is 10.2. The van der Waals surface area contributed by atoms with Crippen LogP contribution < -0.4 is 10.2 Å². The number of nitrogens with one attached hydrogen (secondary N) is 1. The number of benzene rings is 1. The number of amides is 1. The van der Waals surface area contributed by atoms with Gasteiger partial charge in [0.15, 0.2) is 6.61 Å². The molecule has 23 heavy (non-hydrogen) atoms. The topological polar surface area (TPSA) is 67.9 Å². The Kier molecular flexibility index (Phi) is 4.81. The summed E-state index contributed by atoms with van der Waals surface area (Å²) in [5.74, 6) is -0.213. The number of hydrogen-bond donors (Lipinski definition) is 1. The number of hydrogen-bond acceptors (Lipinski definition) is 5. The zero-order valence-electron chi connectivity index (χ0n) is 13.3. The second-order valence-electron chi connectivity index (χ2n) is 6.12. The van der Waals surface area contributed by atoms with Crippen LogP contribution in [0.25, 0.3) is 0 Å². The van der Waals surface area contributed by atoms with Gasteiger partial charge in [0.1, 0.15) is 0 Å². The Morgan fingerprint density at radius 1 is 1.26 bits per heavy atom. The van der Waals surface area contributed by atoms with Crippen molar-refractivity contribution in [2.75, 3.05) is 43.1 Å². The minimum Gasteiger partial charge on any atom is -0.455 e. The van der Waals surface area contributed by atoms with Gasteiger partial charge in [0.05, 0.1) is 19.1 Å². The second-order valence-corrected chi connectivity index (χ2v) is 6.12. The second kappa shape index (κ2) is 7.00. The lowest BCUT2D eigenvalue weighted by Gasteiger charge is -2.28. The molecule has 1 amide bonds. The van der Waals surface area contributed by atoms with Crippen LogP contribution in [0, 0.1) is 11.8 Å². The van der Waals surface area contributed by atoms with Crippen LogP contribution in [0.3, 0.4) is 0 Å². The molecule has 1 saturated carbocycles. The summed E-state index contributed by atoms with van der Waals surface area (Å²) in [6.07, 6.45) is 0.865. The first-order valence-electron chi connectivity index (χ1n) is 8.03. The molecule has 1 heterocycles. The van der Waals surface area contributed by atoms with Crippen molar-refractivity contribution in [2.24, 2.45) is 11.8 Å². The maximum Gasteiger partial charge on any atom is 0.309 e. The molecule has 0 aromatic heterocycles. The van der Waals surface area contributed by atoms with E-state index in [-0.39, 0.29) is 24.4 Å². The number of anilines is 2. The van der Waals surface area contributed by atoms with Crippen molar-refractivity contribution in [3.63, 3.8) is 0 Å². The average molecular weight is 318 g/mol. The standard InChI is InChI=1S/C17H22N2O4/c1-12-10-15(12)17(21)23-11-16(20)18-13-2-4-14(5-3-13)19-6-8-22-9-7-19/h2-5,12,15H,6-11H2,1H3,(H,18,20)/t12-,15-/m1/s1. The van der Waals surface area contributed by atoms with Gasteiger partial charge in [0.25, 0.3) is 5.91 Å². The van der Waals surface area contributed by atoms with Gasteiger partial charge >= 0.3 is 5.97 Å². The Bertz CT molecular complexity index is 566. The number of morpholine rings is 1. The van der Waals surface area contributed by atoms with Crippen molar-refractivity contribution in [3.8, 4) is 0 Å². The number of ether oxygens (including phenoxy) is 2. The molecule has 0 bridgehead atoms. The molecule has 124 valence electrons. The Labute approximate surface area is 135 Å². The number of nitrogens with zero attached hydrogens (tertiary/aromatic N) is 1. The van der Waals surface area contributed by atoms with E-state index >= 15 is 0 Å². The molecule has 1 aromatic rings. The first-order valence-corrected chi connectivity index (χ1v) is 8.03. The molecule has 0 spiro atoms. The van der Waals surface area contributed by atoms with Crippen LogP contribution in [-0.4, -0.2) is 44.8 Å². The third-order valence-corrected chi connectivity index (χ3v) is 4.29. The molecule has 0 unspecified atom stereocenters. The van der Waals surface area contributed by atoms with Gasteiger partial charge in [-0.05, 0) is 36.6 Å². The first-order chi connectivity index (χ1) is 11.1. The molecule has 1 saturated heterocycles. The van der Waals surface area contributed by atoms with E-state index < -0.39 is 0 Å². The number of carbonyl (C=O) groups excluding carboxylic acids is 2. The van der Waals surface area contributed by atoms with E-state index in [1.54, 1.807) is 0 Å². The molecule has 6 heteroatoms. The van der Waals surface area contributed by atoms with Gasteiger partial charge in [0, 0.05) is 24.5 Å². The van der Waals surface area contributed by atoms with Gasteiger partial charge in [-0.2, -0.15) is 0 Å². The fourth-order valence-electron chi connectivity index (χ4n) is 2.67. The Hall–Kier alpha value is -2.08. The summed E-state index contributed by atoms with van der Waals surface area (Å²) in [6, 6.07) is 7.65. The third kappa shape index (κ3) is 4.22. The molecule has 1 aromatic carbocycles. The Morgan fingerprint density at radius 3 is 2.52 bits per heavy atom. The van der Waals surface area contributed by atoms with Crippen molar-refractivity contribution in [3.05, 3.63) is 24.3 Å². The molecule has 2 fully saturated rings. The average Bonchev–Trinajstić information content (AvgIpc) is 3.31. The van der Waals surface area contributed by atoms with Crippen LogP contribution in [0.15, 0.2) is 24.3 Å². The van der Waals surface area contributed by atoms with E-state index in [9.17, 15) is 9.59 Å². The van der Waals surface area contributed by atoms with Crippen molar-refractivity contribution in [2.45, 2.75) is 13.3 Å². The molecular formula is C17H22N2O4. The van der Waals surface area contributed by atoms with Gasteiger partial charge in [-0.15, -0.1) is 0 Å². The van der Waals surface area contributed by atoms with Crippen LogP contribution in [0.5, 0.6) is 0 Å². The highest BCUT2D eigenvalue weighted by atomic mass is 16.5. The van der Waals surface area contributed by atoms with Crippen molar-refractivity contribution in [1.82, 2.24) is 0 Å². The van der Waals surface area contributed by atoms with Gasteiger partial charge in [0.2, 0.25) is 0 Å². The van der Waals surface area contributed by atoms with E-state index in [4.69, 9.17) is 9.47 Å². The quantitative estimate of drug-likeness (QED) is 0.836. The number of rotatable bonds is 5. The summed E-state index contributed by atoms with van der Waals surface area (Å²) >= 11 is 0. The van der Waals surface area contributed by atoms with E-state index in [0.717, 1.165) is 38.4 Å². The predicted molar refractivity (Wildman–Crippen MR) is 86.3 cm³/mol. The molecule has 2 atom stereocenters. The molecule has 1 N–H and O–H groups in total. The minimum absolute atomic E-state index is 0.0180. The highest BCUT2D eigenvalue weighted by Crippen LogP contribution is 2.38. The van der Waals surface area contributed by atoms with E-state index in [1.165, 1.54) is 0 Å². The summed E-state index contributed by atoms with van der Waals surface area (Å²) in [6.45, 7) is 5.00. The summed E-state index contributed by atoms with van der Waals surface area (Å²) in [5, 5.41) is 2.74. The number of carbonyl (C=O) groups is 2. The molecule has 2 aliphatic rings. The van der Waals surface area contributed by atoms with Crippen LogP contribution >= 0.6 is 0 Å². The van der Waals surface area contributed by atoms with Crippen LogP contribution in [0.1, 0.15) is 13.3 Å². The van der Waals surface area contributed by atoms with Gasteiger partial charge < -0.3 is 19.7 Å². The summed E-state index contributed by atoms with van der Waals surface area (Å²) < 4.78 is 10.3. The van der Waals surface area contributed by atoms with E-state index in [2.05, 4.69) is 10.2 Å². The van der Waals surface area contributed by atoms with E-state index in [1.807, 2.05) is 31.2 Å². The largest absolute Gasteiger partial charge is 0.455 e. The zero-order valence-corrected chi connectivity index (χ0v) is 13.3. The van der Waals surface area contributed by atoms with Crippen LogP contribution in [0.2, 0.25) is 0 Å². The Balaban J connectivity index is 1.45. The van der Waals surface area contributed by atoms with Gasteiger partial charge in [-0.25, -0.2) is 0 Å². The molecule has 6 nitrogen and oxygen atoms in total. The highest BCUT2D eigenvalue weighted by Gasteiger charge is 2.40. The predicted octanol–water partition coefficient (Wildman–Crippen LogP) is 1.66. The van der Waals surface area contributed by atoms with E-state index in [0.29, 0.717) is 11.6 Å². The molecule has 1 aliphatic heterocycles. The lowest BCUT2D eigenvalue weighted by molar-refractivity contribution is -0.148. The Morgan fingerprint density at radius 2 is 1.91 bits per heavy atom. The van der Waals surface area contributed by atoms with Crippen molar-refractivity contribution in [1.29, 1.82) is 0 Å². The summed E-state index contributed by atoms with van der Waals surface area (Å²) in [5.41, 5.74) is 1.81. The van der Waals surface area contributed by atoms with Crippen LogP contribution in [0.4, 0.5) is 11.4 Å². The summed E-state index contributed by atoms with van der Waals surface area (Å²) in [4.78, 5) is 25.6. The third-order valence-electron chi connectivity index (χ3n) is 4.29. The maximum atomic E-state index is 11.8. The number of esters is 1. The zero-order chi connectivity index (χ0) is 16.2. The van der Waals surface area contributed by atoms with Gasteiger partial charge in [-0.1, -0.05) is 6.92 Å².